The molecule has 1 atom stereocenters. The van der Waals surface area contributed by atoms with Gasteiger partial charge in [0.1, 0.15) is 12.0 Å². The molecule has 3 nitrogen and oxygen atoms in total. The van der Waals surface area contributed by atoms with Gasteiger partial charge in [0.2, 0.25) is 0 Å². The van der Waals surface area contributed by atoms with Gasteiger partial charge in [-0.15, -0.1) is 0 Å². The molecule has 0 unspecified atom stereocenters. The Morgan fingerprint density at radius 3 is 2.32 bits per heavy atom. The van der Waals surface area contributed by atoms with Crippen molar-refractivity contribution in [3.63, 3.8) is 0 Å². The number of para-hydroxylation sites is 1. The lowest BCUT2D eigenvalue weighted by atomic mass is 10.0. The molecule has 0 saturated carbocycles. The van der Waals surface area contributed by atoms with E-state index in [4.69, 9.17) is 11.6 Å². The molecule has 4 rings (SSSR count). The molecule has 1 aliphatic rings. The number of hydrogen-bond donors (Lipinski definition) is 1. The Hall–Kier alpha value is -2.85. The van der Waals surface area contributed by atoms with E-state index in [1.165, 1.54) is 12.1 Å². The minimum Gasteiger partial charge on any atom is -0.360 e. The summed E-state index contributed by atoms with van der Waals surface area (Å²) < 4.78 is 13.3. The van der Waals surface area contributed by atoms with Gasteiger partial charge >= 0.3 is 0 Å². The van der Waals surface area contributed by atoms with Crippen LogP contribution in [0.3, 0.4) is 0 Å². The maximum Gasteiger partial charge on any atom is 0.262 e. The summed E-state index contributed by atoms with van der Waals surface area (Å²) >= 11 is 5.99. The molecule has 0 fully saturated rings. The highest BCUT2D eigenvalue weighted by atomic mass is 35.5. The van der Waals surface area contributed by atoms with Crippen LogP contribution in [0.25, 0.3) is 0 Å². The van der Waals surface area contributed by atoms with E-state index in [1.54, 1.807) is 35.2 Å². The number of hydrogen-bond acceptors (Lipinski definition) is 2. The molecule has 1 aliphatic heterocycles. The number of rotatable bonds is 2. The molecule has 3 aromatic rings. The van der Waals surface area contributed by atoms with E-state index in [-0.39, 0.29) is 11.7 Å². The molecule has 0 bridgehead atoms. The Bertz CT molecular complexity index is 925. The first kappa shape index (κ1) is 15.7. The molecular formula is C20H14ClFN2O. The third-order valence-electron chi connectivity index (χ3n) is 4.22. The third kappa shape index (κ3) is 2.85. The molecule has 0 aliphatic carbocycles. The van der Waals surface area contributed by atoms with E-state index in [9.17, 15) is 9.18 Å². The topological polar surface area (TPSA) is 32.3 Å². The zero-order valence-electron chi connectivity index (χ0n) is 13.1. The zero-order valence-corrected chi connectivity index (χ0v) is 13.9. The van der Waals surface area contributed by atoms with Crippen LogP contribution in [0.4, 0.5) is 15.8 Å². The molecule has 0 spiro atoms. The molecular weight excluding hydrogens is 339 g/mol. The molecule has 0 radical (unpaired) electrons. The predicted octanol–water partition coefficient (Wildman–Crippen LogP) is 5.25. The third-order valence-corrected chi connectivity index (χ3v) is 4.47. The summed E-state index contributed by atoms with van der Waals surface area (Å²) in [4.78, 5) is 14.7. The number of carbonyl (C=O) groups is 1. The summed E-state index contributed by atoms with van der Waals surface area (Å²) in [5.74, 6) is -0.481. The molecule has 124 valence electrons. The fourth-order valence-electron chi connectivity index (χ4n) is 3.00. The monoisotopic (exact) mass is 352 g/mol. The van der Waals surface area contributed by atoms with Crippen LogP contribution in [0.15, 0.2) is 72.8 Å². The van der Waals surface area contributed by atoms with E-state index in [0.717, 1.165) is 11.3 Å². The van der Waals surface area contributed by atoms with Crippen molar-refractivity contribution in [3.05, 3.63) is 94.8 Å². The van der Waals surface area contributed by atoms with Crippen molar-refractivity contribution in [2.24, 2.45) is 0 Å². The molecule has 3 aromatic carbocycles. The lowest BCUT2D eigenvalue weighted by Gasteiger charge is -2.38. The SMILES string of the molecule is O=C1c2ccccc2N[C@@H](c2ccc(Cl)cc2)N1c1ccc(F)cc1. The highest BCUT2D eigenvalue weighted by molar-refractivity contribution is 6.30. The van der Waals surface area contributed by atoms with Crippen molar-refractivity contribution in [2.45, 2.75) is 6.17 Å². The Balaban J connectivity index is 1.85. The average Bonchev–Trinajstić information content (AvgIpc) is 2.63. The maximum atomic E-state index is 13.3. The van der Waals surface area contributed by atoms with Crippen LogP contribution in [0.5, 0.6) is 0 Å². The Labute approximate surface area is 149 Å². The second-order valence-corrected chi connectivity index (χ2v) is 6.23. The molecule has 0 aromatic heterocycles. The van der Waals surface area contributed by atoms with Crippen LogP contribution < -0.4 is 10.2 Å². The van der Waals surface area contributed by atoms with Gasteiger partial charge in [0, 0.05) is 16.4 Å². The lowest BCUT2D eigenvalue weighted by molar-refractivity contribution is 0.0975. The van der Waals surface area contributed by atoms with Crippen LogP contribution in [0.2, 0.25) is 5.02 Å². The van der Waals surface area contributed by atoms with Crippen molar-refractivity contribution in [2.75, 3.05) is 10.2 Å². The van der Waals surface area contributed by atoms with E-state index >= 15 is 0 Å². The second kappa shape index (κ2) is 6.22. The van der Waals surface area contributed by atoms with Crippen molar-refractivity contribution in [3.8, 4) is 0 Å². The molecule has 5 heteroatoms. The summed E-state index contributed by atoms with van der Waals surface area (Å²) in [7, 11) is 0. The van der Waals surface area contributed by atoms with Crippen LogP contribution in [-0.4, -0.2) is 5.91 Å². The quantitative estimate of drug-likeness (QED) is 0.683. The standard InChI is InChI=1S/C20H14ClFN2O/c21-14-7-5-13(6-8-14)19-23-18-4-2-1-3-17(18)20(25)24(19)16-11-9-15(22)10-12-16/h1-12,19,23H/t19-/m1/s1. The van der Waals surface area contributed by atoms with Crippen LogP contribution in [0, 0.1) is 5.82 Å². The van der Waals surface area contributed by atoms with E-state index in [0.29, 0.717) is 16.3 Å². The Kier molecular flexibility index (Phi) is 3.90. The van der Waals surface area contributed by atoms with E-state index in [2.05, 4.69) is 5.32 Å². The molecule has 1 heterocycles. The highest BCUT2D eigenvalue weighted by Crippen LogP contribution is 2.36. The van der Waals surface area contributed by atoms with Gasteiger partial charge in [-0.05, 0) is 54.1 Å². The normalized spacial score (nSPS) is 16.3. The van der Waals surface area contributed by atoms with Gasteiger partial charge in [-0.1, -0.05) is 35.9 Å². The Morgan fingerprint density at radius 1 is 0.920 bits per heavy atom. The number of nitrogens with zero attached hydrogens (tertiary/aromatic N) is 1. The van der Waals surface area contributed by atoms with Crippen LogP contribution in [0.1, 0.15) is 22.1 Å². The zero-order chi connectivity index (χ0) is 17.4. The summed E-state index contributed by atoms with van der Waals surface area (Å²) in [5, 5.41) is 4.02. The van der Waals surface area contributed by atoms with Gasteiger partial charge < -0.3 is 5.32 Å². The van der Waals surface area contributed by atoms with Gasteiger partial charge in [0.05, 0.1) is 5.56 Å². The molecule has 25 heavy (non-hydrogen) atoms. The second-order valence-electron chi connectivity index (χ2n) is 5.80. The number of fused-ring (bicyclic) bond motifs is 1. The predicted molar refractivity (Wildman–Crippen MR) is 97.5 cm³/mol. The summed E-state index contributed by atoms with van der Waals surface area (Å²) in [5.41, 5.74) is 2.85. The largest absolute Gasteiger partial charge is 0.360 e. The number of anilines is 2. The van der Waals surface area contributed by atoms with Crippen LogP contribution in [-0.2, 0) is 0 Å². The molecule has 1 N–H and O–H groups in total. The van der Waals surface area contributed by atoms with Crippen molar-refractivity contribution in [1.82, 2.24) is 0 Å². The number of nitrogens with one attached hydrogen (secondary N) is 1. The number of amides is 1. The fourth-order valence-corrected chi connectivity index (χ4v) is 3.13. The summed E-state index contributed by atoms with van der Waals surface area (Å²) in [6.07, 6.45) is -0.412. The van der Waals surface area contributed by atoms with Crippen LogP contribution >= 0.6 is 11.6 Å². The highest BCUT2D eigenvalue weighted by Gasteiger charge is 2.33. The minimum absolute atomic E-state index is 0.138. The smallest absolute Gasteiger partial charge is 0.262 e. The van der Waals surface area contributed by atoms with Crippen molar-refractivity contribution in [1.29, 1.82) is 0 Å². The number of carbonyl (C=O) groups excluding carboxylic acids is 1. The lowest BCUT2D eigenvalue weighted by Crippen LogP contribution is -2.43. The first-order valence-corrected chi connectivity index (χ1v) is 8.21. The van der Waals surface area contributed by atoms with Crippen molar-refractivity contribution < 1.29 is 9.18 Å². The van der Waals surface area contributed by atoms with Gasteiger partial charge in [0.25, 0.3) is 5.91 Å². The average molecular weight is 353 g/mol. The van der Waals surface area contributed by atoms with Gasteiger partial charge in [-0.2, -0.15) is 0 Å². The van der Waals surface area contributed by atoms with E-state index < -0.39 is 6.17 Å². The van der Waals surface area contributed by atoms with Gasteiger partial charge in [-0.25, -0.2) is 4.39 Å². The number of halogens is 2. The summed E-state index contributed by atoms with van der Waals surface area (Å²) in [6, 6.07) is 20.6. The number of benzene rings is 3. The van der Waals surface area contributed by atoms with E-state index in [1.807, 2.05) is 30.3 Å². The maximum absolute atomic E-state index is 13.3. The van der Waals surface area contributed by atoms with Crippen molar-refractivity contribution >= 4 is 28.9 Å². The van der Waals surface area contributed by atoms with Gasteiger partial charge in [-0.3, -0.25) is 9.69 Å². The Morgan fingerprint density at radius 2 is 1.60 bits per heavy atom. The summed E-state index contributed by atoms with van der Waals surface area (Å²) in [6.45, 7) is 0. The fraction of sp³-hybridized carbons (Fsp3) is 0.0500. The van der Waals surface area contributed by atoms with Gasteiger partial charge in [0.15, 0.2) is 0 Å². The minimum atomic E-state index is -0.412. The first-order valence-electron chi connectivity index (χ1n) is 7.83. The first-order chi connectivity index (χ1) is 12.1. The molecule has 1 amide bonds. The molecule has 0 saturated heterocycles.